The van der Waals surface area contributed by atoms with Gasteiger partial charge in [0.1, 0.15) is 5.82 Å². The molecule has 0 spiro atoms. The van der Waals surface area contributed by atoms with E-state index in [4.69, 9.17) is 9.47 Å². The Morgan fingerprint density at radius 1 is 1.09 bits per heavy atom. The summed E-state index contributed by atoms with van der Waals surface area (Å²) < 4.78 is 25.5. The number of nitrogens with one attached hydrogen (secondary N) is 2. The molecule has 3 rings (SSSR count). The van der Waals surface area contributed by atoms with Crippen molar-refractivity contribution in [2.24, 2.45) is 0 Å². The number of carbonyl (C=O) groups excluding carboxylic acids is 2. The van der Waals surface area contributed by atoms with Gasteiger partial charge in [-0.15, -0.1) is 10.2 Å². The van der Waals surface area contributed by atoms with E-state index in [1.807, 2.05) is 11.5 Å². The van der Waals surface area contributed by atoms with E-state index in [0.717, 1.165) is 0 Å². The number of hydrogen-bond acceptors (Lipinski definition) is 7. The summed E-state index contributed by atoms with van der Waals surface area (Å²) >= 11 is 1.20. The van der Waals surface area contributed by atoms with Crippen molar-refractivity contribution in [3.8, 4) is 11.5 Å². The van der Waals surface area contributed by atoms with Gasteiger partial charge in [0.15, 0.2) is 22.5 Å². The zero-order chi connectivity index (χ0) is 23.8. The van der Waals surface area contributed by atoms with Crippen molar-refractivity contribution in [3.05, 3.63) is 59.7 Å². The quantitative estimate of drug-likeness (QED) is 0.436. The number of methoxy groups -OCH3 is 2. The van der Waals surface area contributed by atoms with Crippen molar-refractivity contribution in [2.45, 2.75) is 25.2 Å². The van der Waals surface area contributed by atoms with Gasteiger partial charge in [0.25, 0.3) is 5.91 Å². The number of amides is 2. The molecule has 0 fully saturated rings. The van der Waals surface area contributed by atoms with E-state index in [2.05, 4.69) is 20.8 Å². The Balaban J connectivity index is 1.58. The fourth-order valence-electron chi connectivity index (χ4n) is 3.01. The maximum absolute atomic E-state index is 13.3. The number of hydrogen-bond donors (Lipinski definition) is 2. The van der Waals surface area contributed by atoms with Crippen LogP contribution in [0.3, 0.4) is 0 Å². The molecule has 0 bridgehead atoms. The maximum atomic E-state index is 13.3. The van der Waals surface area contributed by atoms with Crippen LogP contribution in [0.1, 0.15) is 23.1 Å². The summed E-state index contributed by atoms with van der Waals surface area (Å²) in [6.07, 6.45) is 0. The number of anilines is 1. The second-order valence-electron chi connectivity index (χ2n) is 6.74. The van der Waals surface area contributed by atoms with Gasteiger partial charge >= 0.3 is 0 Å². The lowest BCUT2D eigenvalue weighted by Crippen LogP contribution is -2.25. The molecule has 0 aliphatic rings. The Kier molecular flexibility index (Phi) is 8.25. The third-order valence-electron chi connectivity index (χ3n) is 4.60. The molecule has 2 aromatic carbocycles. The molecule has 174 valence electrons. The van der Waals surface area contributed by atoms with Crippen LogP contribution in [0.25, 0.3) is 0 Å². The highest BCUT2D eigenvalue weighted by Gasteiger charge is 2.16. The van der Waals surface area contributed by atoms with Crippen molar-refractivity contribution in [1.82, 2.24) is 20.1 Å². The zero-order valence-corrected chi connectivity index (χ0v) is 19.2. The number of carbonyl (C=O) groups is 2. The highest BCUT2D eigenvalue weighted by molar-refractivity contribution is 7.99. The summed E-state index contributed by atoms with van der Waals surface area (Å²) in [7, 11) is 3.02. The molecule has 9 nitrogen and oxygen atoms in total. The van der Waals surface area contributed by atoms with E-state index in [0.29, 0.717) is 40.3 Å². The molecule has 1 aromatic heterocycles. The number of halogens is 1. The summed E-state index contributed by atoms with van der Waals surface area (Å²) in [4.78, 5) is 24.7. The van der Waals surface area contributed by atoms with Gasteiger partial charge in [-0.1, -0.05) is 17.8 Å². The molecule has 0 aliphatic carbocycles. The molecule has 0 saturated carbocycles. The van der Waals surface area contributed by atoms with Crippen LogP contribution in [-0.4, -0.2) is 46.6 Å². The Hall–Kier alpha value is -3.60. The third-order valence-corrected chi connectivity index (χ3v) is 5.57. The Bertz CT molecular complexity index is 1140. The first kappa shape index (κ1) is 24.1. The molecule has 0 atom stereocenters. The maximum Gasteiger partial charge on any atom is 0.251 e. The predicted octanol–water partition coefficient (Wildman–Crippen LogP) is 3.12. The van der Waals surface area contributed by atoms with E-state index >= 15 is 0 Å². The molecular formula is C22H24FN5O4S. The number of thioether (sulfide) groups is 1. The lowest BCUT2D eigenvalue weighted by atomic mass is 10.2. The molecule has 1 heterocycles. The summed E-state index contributed by atoms with van der Waals surface area (Å²) in [5.74, 6) is 0.599. The third kappa shape index (κ3) is 6.22. The van der Waals surface area contributed by atoms with Crippen LogP contribution in [-0.2, 0) is 17.9 Å². The molecule has 3 aromatic rings. The molecule has 0 saturated heterocycles. The van der Waals surface area contributed by atoms with E-state index in [-0.39, 0.29) is 24.1 Å². The van der Waals surface area contributed by atoms with Crippen LogP contribution in [0.2, 0.25) is 0 Å². The van der Waals surface area contributed by atoms with Crippen molar-refractivity contribution in [3.63, 3.8) is 0 Å². The van der Waals surface area contributed by atoms with E-state index < -0.39 is 5.82 Å². The van der Waals surface area contributed by atoms with Gasteiger partial charge in [0, 0.05) is 17.8 Å². The fourth-order valence-corrected chi connectivity index (χ4v) is 3.83. The summed E-state index contributed by atoms with van der Waals surface area (Å²) in [5.41, 5.74) is 0.801. The second-order valence-corrected chi connectivity index (χ2v) is 7.69. The Morgan fingerprint density at radius 3 is 2.58 bits per heavy atom. The number of aromatic nitrogens is 3. The average molecular weight is 474 g/mol. The lowest BCUT2D eigenvalue weighted by molar-refractivity contribution is -0.113. The lowest BCUT2D eigenvalue weighted by Gasteiger charge is -2.11. The first-order valence-corrected chi connectivity index (χ1v) is 11.0. The van der Waals surface area contributed by atoms with Gasteiger partial charge in [0.05, 0.1) is 26.5 Å². The number of rotatable bonds is 10. The fraction of sp³-hybridized carbons (Fsp3) is 0.273. The Labute approximate surface area is 194 Å². The molecule has 11 heteroatoms. The van der Waals surface area contributed by atoms with Gasteiger partial charge in [-0.2, -0.15) is 0 Å². The van der Waals surface area contributed by atoms with Gasteiger partial charge in [-0.05, 0) is 43.3 Å². The average Bonchev–Trinajstić information content (AvgIpc) is 3.22. The van der Waals surface area contributed by atoms with Crippen molar-refractivity contribution >= 4 is 29.3 Å². The topological polar surface area (TPSA) is 107 Å². The minimum atomic E-state index is -0.425. The number of nitrogens with zero attached hydrogens (tertiary/aromatic N) is 3. The van der Waals surface area contributed by atoms with Gasteiger partial charge in [0.2, 0.25) is 5.91 Å². The van der Waals surface area contributed by atoms with Crippen LogP contribution in [0, 0.1) is 5.82 Å². The van der Waals surface area contributed by atoms with Gasteiger partial charge in [-0.25, -0.2) is 4.39 Å². The van der Waals surface area contributed by atoms with Crippen LogP contribution in [0.15, 0.2) is 47.6 Å². The van der Waals surface area contributed by atoms with Gasteiger partial charge < -0.3 is 24.7 Å². The molecule has 33 heavy (non-hydrogen) atoms. The number of benzene rings is 2. The molecule has 0 unspecified atom stereocenters. The minimum Gasteiger partial charge on any atom is -0.493 e. The molecular weight excluding hydrogens is 449 g/mol. The summed E-state index contributed by atoms with van der Waals surface area (Å²) in [6.45, 7) is 2.63. The van der Waals surface area contributed by atoms with Crippen LogP contribution in [0.4, 0.5) is 10.1 Å². The molecule has 2 amide bonds. The van der Waals surface area contributed by atoms with Crippen molar-refractivity contribution < 1.29 is 23.5 Å². The minimum absolute atomic E-state index is 0.0760. The molecule has 0 aliphatic heterocycles. The first-order chi connectivity index (χ1) is 15.9. The van der Waals surface area contributed by atoms with E-state index in [9.17, 15) is 14.0 Å². The van der Waals surface area contributed by atoms with E-state index in [1.54, 1.807) is 24.3 Å². The normalized spacial score (nSPS) is 10.5. The zero-order valence-electron chi connectivity index (χ0n) is 18.4. The largest absolute Gasteiger partial charge is 0.493 e. The van der Waals surface area contributed by atoms with Crippen LogP contribution < -0.4 is 20.1 Å². The summed E-state index contributed by atoms with van der Waals surface area (Å²) in [6, 6.07) is 10.6. The van der Waals surface area contributed by atoms with Crippen molar-refractivity contribution in [2.75, 3.05) is 25.3 Å². The summed E-state index contributed by atoms with van der Waals surface area (Å²) in [5, 5.41) is 14.3. The molecule has 2 N–H and O–H groups in total. The van der Waals surface area contributed by atoms with Crippen LogP contribution >= 0.6 is 11.8 Å². The predicted molar refractivity (Wildman–Crippen MR) is 122 cm³/mol. The van der Waals surface area contributed by atoms with Crippen LogP contribution in [0.5, 0.6) is 11.5 Å². The van der Waals surface area contributed by atoms with Gasteiger partial charge in [-0.3, -0.25) is 9.59 Å². The highest BCUT2D eigenvalue weighted by Crippen LogP contribution is 2.27. The SMILES string of the molecule is CCn1c(CNC(=O)c2ccc(OC)c(OC)c2)nnc1SCC(=O)Nc1cccc(F)c1. The second kappa shape index (κ2) is 11.3. The standard InChI is InChI=1S/C22H24FN5O4S/c1-4-28-19(12-24-21(30)14-8-9-17(31-2)18(10-14)32-3)26-27-22(28)33-13-20(29)25-16-7-5-6-15(23)11-16/h5-11H,4,12-13H2,1-3H3,(H,24,30)(H,25,29). The molecule has 0 radical (unpaired) electrons. The van der Waals surface area contributed by atoms with Crippen molar-refractivity contribution in [1.29, 1.82) is 0 Å². The number of ether oxygens (including phenoxy) is 2. The first-order valence-electron chi connectivity index (χ1n) is 10.1. The Morgan fingerprint density at radius 2 is 1.88 bits per heavy atom. The monoisotopic (exact) mass is 473 g/mol. The smallest absolute Gasteiger partial charge is 0.251 e. The van der Waals surface area contributed by atoms with E-state index in [1.165, 1.54) is 44.2 Å². The highest BCUT2D eigenvalue weighted by atomic mass is 32.2.